The molecule has 3 nitrogen and oxygen atoms in total. The minimum Gasteiger partial charge on any atom is -0.376 e. The van der Waals surface area contributed by atoms with E-state index in [4.69, 9.17) is 11.6 Å². The van der Waals surface area contributed by atoms with Crippen molar-refractivity contribution in [2.45, 2.75) is 5.60 Å². The normalized spacial score (nSPS) is 13.1. The largest absolute Gasteiger partial charge is 0.376 e. The van der Waals surface area contributed by atoms with Crippen molar-refractivity contribution in [2.75, 3.05) is 7.05 Å². The highest BCUT2D eigenvalue weighted by atomic mass is 35.5. The summed E-state index contributed by atoms with van der Waals surface area (Å²) >= 11 is 6.01. The number of hydrogen-bond donors (Lipinski definition) is 2. The zero-order chi connectivity index (χ0) is 17.9. The van der Waals surface area contributed by atoms with Crippen LogP contribution < -0.4 is 5.32 Å². The van der Waals surface area contributed by atoms with Crippen molar-refractivity contribution < 1.29 is 9.90 Å². The Morgan fingerprint density at radius 1 is 0.880 bits per heavy atom. The number of rotatable bonds is 4. The Hall–Kier alpha value is -2.62. The van der Waals surface area contributed by atoms with Crippen LogP contribution in [-0.4, -0.2) is 18.1 Å². The van der Waals surface area contributed by atoms with Crippen LogP contribution in [0.2, 0.25) is 5.02 Å². The van der Waals surface area contributed by atoms with Crippen LogP contribution >= 0.6 is 11.6 Å². The van der Waals surface area contributed by atoms with Gasteiger partial charge in [0.25, 0.3) is 5.91 Å². The second kappa shape index (κ2) is 7.09. The molecule has 25 heavy (non-hydrogen) atoms. The molecule has 3 aromatic carbocycles. The lowest BCUT2D eigenvalue weighted by Crippen LogP contribution is -2.32. The summed E-state index contributed by atoms with van der Waals surface area (Å²) in [6.45, 7) is 0. The molecule has 0 saturated heterocycles. The molecule has 4 heteroatoms. The van der Waals surface area contributed by atoms with Gasteiger partial charge >= 0.3 is 0 Å². The number of hydrogen-bond acceptors (Lipinski definition) is 2. The van der Waals surface area contributed by atoms with E-state index in [-0.39, 0.29) is 5.91 Å². The van der Waals surface area contributed by atoms with Crippen LogP contribution in [0.3, 0.4) is 0 Å². The molecule has 0 fully saturated rings. The number of carbonyl (C=O) groups is 1. The lowest BCUT2D eigenvalue weighted by atomic mass is 9.78. The quantitative estimate of drug-likeness (QED) is 0.698. The van der Waals surface area contributed by atoms with Gasteiger partial charge in [-0.1, -0.05) is 72.3 Å². The molecular weight excluding hydrogens is 334 g/mol. The number of carbonyl (C=O) groups excluding carboxylic acids is 1. The molecule has 0 saturated carbocycles. The summed E-state index contributed by atoms with van der Waals surface area (Å²) in [5.74, 6) is -0.251. The first-order chi connectivity index (χ1) is 12.1. The van der Waals surface area contributed by atoms with E-state index < -0.39 is 5.60 Å². The third-order valence-electron chi connectivity index (χ3n) is 4.24. The Balaban J connectivity index is 2.30. The van der Waals surface area contributed by atoms with Gasteiger partial charge in [0, 0.05) is 23.2 Å². The van der Waals surface area contributed by atoms with Crippen LogP contribution in [0.5, 0.6) is 0 Å². The smallest absolute Gasteiger partial charge is 0.251 e. The SMILES string of the molecule is CNC(=O)c1ccccc1C(O)(c1ccccc1)c1ccc(Cl)cc1. The van der Waals surface area contributed by atoms with Gasteiger partial charge in [-0.15, -0.1) is 0 Å². The van der Waals surface area contributed by atoms with Crippen LogP contribution in [0.25, 0.3) is 0 Å². The van der Waals surface area contributed by atoms with Crippen LogP contribution in [0.1, 0.15) is 27.0 Å². The van der Waals surface area contributed by atoms with Gasteiger partial charge in [-0.05, 0) is 29.3 Å². The molecule has 0 aliphatic heterocycles. The fourth-order valence-electron chi connectivity index (χ4n) is 2.98. The van der Waals surface area contributed by atoms with E-state index in [0.717, 1.165) is 0 Å². The summed E-state index contributed by atoms with van der Waals surface area (Å²) in [6.07, 6.45) is 0. The zero-order valence-electron chi connectivity index (χ0n) is 13.7. The average molecular weight is 352 g/mol. The first-order valence-corrected chi connectivity index (χ1v) is 8.30. The average Bonchev–Trinajstić information content (AvgIpc) is 2.68. The molecule has 3 aromatic rings. The van der Waals surface area contributed by atoms with E-state index >= 15 is 0 Å². The number of halogens is 1. The molecule has 0 radical (unpaired) electrons. The van der Waals surface area contributed by atoms with Gasteiger partial charge < -0.3 is 10.4 Å². The second-order valence-corrected chi connectivity index (χ2v) is 6.14. The molecule has 3 rings (SSSR count). The molecule has 0 bridgehead atoms. The Labute approximate surface area is 151 Å². The van der Waals surface area contributed by atoms with Crippen LogP contribution in [-0.2, 0) is 5.60 Å². The number of benzene rings is 3. The molecule has 0 spiro atoms. The highest BCUT2D eigenvalue weighted by molar-refractivity contribution is 6.30. The van der Waals surface area contributed by atoms with Gasteiger partial charge in [0.15, 0.2) is 0 Å². The van der Waals surface area contributed by atoms with Crippen molar-refractivity contribution in [3.05, 3.63) is 106 Å². The number of nitrogens with one attached hydrogen (secondary N) is 1. The maximum atomic E-state index is 12.4. The van der Waals surface area contributed by atoms with Crippen molar-refractivity contribution in [2.24, 2.45) is 0 Å². The monoisotopic (exact) mass is 351 g/mol. The van der Waals surface area contributed by atoms with E-state index in [1.165, 1.54) is 0 Å². The predicted octanol–water partition coefficient (Wildman–Crippen LogP) is 3.98. The Kier molecular flexibility index (Phi) is 4.88. The maximum Gasteiger partial charge on any atom is 0.251 e. The topological polar surface area (TPSA) is 49.3 Å². The zero-order valence-corrected chi connectivity index (χ0v) is 14.5. The summed E-state index contributed by atoms with van der Waals surface area (Å²) in [5.41, 5.74) is 0.775. The van der Waals surface area contributed by atoms with Crippen molar-refractivity contribution in [3.63, 3.8) is 0 Å². The fourth-order valence-corrected chi connectivity index (χ4v) is 3.11. The van der Waals surface area contributed by atoms with Gasteiger partial charge in [-0.2, -0.15) is 0 Å². The first kappa shape index (κ1) is 17.2. The maximum absolute atomic E-state index is 12.4. The standard InChI is InChI=1S/C21H18ClNO2/c1-23-20(24)18-9-5-6-10-19(18)21(25,15-7-3-2-4-8-15)16-11-13-17(22)14-12-16/h2-14,25H,1H3,(H,23,24). The van der Waals surface area contributed by atoms with Gasteiger partial charge in [0.1, 0.15) is 5.60 Å². The van der Waals surface area contributed by atoms with Gasteiger partial charge in [0.2, 0.25) is 0 Å². The third kappa shape index (κ3) is 3.16. The summed E-state index contributed by atoms with van der Waals surface area (Å²) in [7, 11) is 1.57. The number of amides is 1. The van der Waals surface area contributed by atoms with Gasteiger partial charge in [0.05, 0.1) is 0 Å². The van der Waals surface area contributed by atoms with Crippen molar-refractivity contribution in [1.29, 1.82) is 0 Å². The lowest BCUT2D eigenvalue weighted by Gasteiger charge is -2.31. The molecule has 0 aromatic heterocycles. The third-order valence-corrected chi connectivity index (χ3v) is 4.49. The predicted molar refractivity (Wildman–Crippen MR) is 99.8 cm³/mol. The molecule has 2 N–H and O–H groups in total. The fraction of sp³-hybridized carbons (Fsp3) is 0.0952. The van der Waals surface area contributed by atoms with Crippen molar-refractivity contribution in [3.8, 4) is 0 Å². The van der Waals surface area contributed by atoms with Gasteiger partial charge in [-0.25, -0.2) is 0 Å². The summed E-state index contributed by atoms with van der Waals surface area (Å²) in [5, 5.41) is 15.0. The van der Waals surface area contributed by atoms with E-state index in [9.17, 15) is 9.90 Å². The van der Waals surface area contributed by atoms with Crippen molar-refractivity contribution in [1.82, 2.24) is 5.32 Å². The molecular formula is C21H18ClNO2. The van der Waals surface area contributed by atoms with Crippen LogP contribution in [0, 0.1) is 0 Å². The molecule has 1 unspecified atom stereocenters. The molecule has 0 heterocycles. The summed E-state index contributed by atoms with van der Waals surface area (Å²) in [4.78, 5) is 12.4. The summed E-state index contributed by atoms with van der Waals surface area (Å²) < 4.78 is 0. The molecule has 126 valence electrons. The van der Waals surface area contributed by atoms with Gasteiger partial charge in [-0.3, -0.25) is 4.79 Å². The molecule has 1 amide bonds. The van der Waals surface area contributed by atoms with Crippen LogP contribution in [0.4, 0.5) is 0 Å². The number of aliphatic hydroxyl groups is 1. The Bertz CT molecular complexity index is 878. The molecule has 0 aliphatic carbocycles. The highest BCUT2D eigenvalue weighted by Gasteiger charge is 2.36. The second-order valence-electron chi connectivity index (χ2n) is 5.71. The lowest BCUT2D eigenvalue weighted by molar-refractivity contribution is 0.0940. The van der Waals surface area contributed by atoms with E-state index in [0.29, 0.717) is 27.3 Å². The Morgan fingerprint density at radius 3 is 2.08 bits per heavy atom. The highest BCUT2D eigenvalue weighted by Crippen LogP contribution is 2.38. The van der Waals surface area contributed by atoms with Crippen molar-refractivity contribution >= 4 is 17.5 Å². The molecule has 0 aliphatic rings. The van der Waals surface area contributed by atoms with E-state index in [1.807, 2.05) is 36.4 Å². The molecule has 1 atom stereocenters. The van der Waals surface area contributed by atoms with E-state index in [1.54, 1.807) is 49.5 Å². The first-order valence-electron chi connectivity index (χ1n) is 7.93. The minimum absolute atomic E-state index is 0.251. The van der Waals surface area contributed by atoms with E-state index in [2.05, 4.69) is 5.32 Å². The van der Waals surface area contributed by atoms with Crippen LogP contribution in [0.15, 0.2) is 78.9 Å². The minimum atomic E-state index is -1.48. The Morgan fingerprint density at radius 2 is 1.44 bits per heavy atom. The summed E-state index contributed by atoms with van der Waals surface area (Å²) in [6, 6.07) is 23.4.